The number of carbonyl (C=O) groups is 1. The molecule has 6 heteroatoms. The van der Waals surface area contributed by atoms with Crippen LogP contribution in [0.1, 0.15) is 10.4 Å². The van der Waals surface area contributed by atoms with E-state index in [1.165, 1.54) is 0 Å². The second kappa shape index (κ2) is 8.37. The second-order valence-electron chi connectivity index (χ2n) is 6.66. The minimum atomic E-state index is -1.02. The van der Waals surface area contributed by atoms with Crippen molar-refractivity contribution < 1.29 is 19.4 Å². The molecule has 0 bridgehead atoms. The van der Waals surface area contributed by atoms with E-state index in [0.717, 1.165) is 18.7 Å². The van der Waals surface area contributed by atoms with Crippen LogP contribution in [0.15, 0.2) is 54.6 Å². The average molecular weight is 378 g/mol. The fourth-order valence-electron chi connectivity index (χ4n) is 3.44. The monoisotopic (exact) mass is 378 g/mol. The lowest BCUT2D eigenvalue weighted by atomic mass is 10.0. The normalized spacial score (nSPS) is 14.9. The molecule has 1 fully saturated rings. The van der Waals surface area contributed by atoms with Gasteiger partial charge in [0.05, 0.1) is 18.7 Å². The fraction of sp³-hybridized carbons (Fsp3) is 0.273. The summed E-state index contributed by atoms with van der Waals surface area (Å²) in [6.45, 7) is 4.25. The molecule has 0 saturated carbocycles. The number of nitrogens with zero attached hydrogens (tertiary/aromatic N) is 2. The molecule has 3 aromatic rings. The van der Waals surface area contributed by atoms with E-state index < -0.39 is 5.97 Å². The zero-order chi connectivity index (χ0) is 19.3. The third-order valence-electron chi connectivity index (χ3n) is 4.87. The molecule has 0 radical (unpaired) electrons. The van der Waals surface area contributed by atoms with E-state index in [0.29, 0.717) is 48.7 Å². The number of fused-ring (bicyclic) bond motifs is 1. The van der Waals surface area contributed by atoms with Crippen LogP contribution in [0.3, 0.4) is 0 Å². The standard InChI is InChI=1S/C22H22N2O4/c25-22(26)19-17-8-4-5-9-18(17)23-20(16-6-2-1-3-7-16)21(19)28-15-12-24-10-13-27-14-11-24/h1-9H,10-15H2,(H,25,26). The number of carboxylic acids is 1. The third kappa shape index (κ3) is 3.83. The highest BCUT2D eigenvalue weighted by atomic mass is 16.5. The topological polar surface area (TPSA) is 71.9 Å². The zero-order valence-electron chi connectivity index (χ0n) is 15.5. The minimum Gasteiger partial charge on any atom is -0.489 e. The van der Waals surface area contributed by atoms with Crippen LogP contribution in [0.2, 0.25) is 0 Å². The summed E-state index contributed by atoms with van der Waals surface area (Å²) in [7, 11) is 0. The number of benzene rings is 2. The molecule has 1 aliphatic rings. The third-order valence-corrected chi connectivity index (χ3v) is 4.87. The van der Waals surface area contributed by atoms with Crippen LogP contribution in [-0.2, 0) is 4.74 Å². The molecule has 0 spiro atoms. The Kier molecular flexibility index (Phi) is 5.50. The number of rotatable bonds is 6. The number of para-hydroxylation sites is 1. The Morgan fingerprint density at radius 2 is 1.79 bits per heavy atom. The minimum absolute atomic E-state index is 0.159. The summed E-state index contributed by atoms with van der Waals surface area (Å²) >= 11 is 0. The molecular formula is C22H22N2O4. The van der Waals surface area contributed by atoms with Crippen LogP contribution >= 0.6 is 0 Å². The van der Waals surface area contributed by atoms with Gasteiger partial charge in [0, 0.05) is 30.6 Å². The summed E-state index contributed by atoms with van der Waals surface area (Å²) in [5, 5.41) is 10.5. The number of ether oxygens (including phenoxy) is 2. The Bertz CT molecular complexity index is 969. The Hall–Kier alpha value is -2.96. The summed E-state index contributed by atoms with van der Waals surface area (Å²) in [6, 6.07) is 16.8. The molecule has 1 aliphatic heterocycles. The Morgan fingerprint density at radius 3 is 2.54 bits per heavy atom. The van der Waals surface area contributed by atoms with E-state index in [-0.39, 0.29) is 5.56 Å². The summed E-state index contributed by atoms with van der Waals surface area (Å²) < 4.78 is 11.4. The molecule has 1 N–H and O–H groups in total. The number of hydrogen-bond acceptors (Lipinski definition) is 5. The fourth-order valence-corrected chi connectivity index (χ4v) is 3.44. The number of carboxylic acid groups (broad SMARTS) is 1. The predicted octanol–water partition coefficient (Wildman–Crippen LogP) is 3.31. The molecule has 1 aromatic heterocycles. The molecule has 0 aliphatic carbocycles. The molecule has 1 saturated heterocycles. The number of aromatic carboxylic acids is 1. The van der Waals surface area contributed by atoms with Crippen molar-refractivity contribution in [1.29, 1.82) is 0 Å². The molecular weight excluding hydrogens is 356 g/mol. The van der Waals surface area contributed by atoms with Gasteiger partial charge in [-0.25, -0.2) is 9.78 Å². The van der Waals surface area contributed by atoms with Gasteiger partial charge in [-0.2, -0.15) is 0 Å². The van der Waals surface area contributed by atoms with Crippen molar-refractivity contribution >= 4 is 16.9 Å². The first kappa shape index (κ1) is 18.4. The van der Waals surface area contributed by atoms with Crippen LogP contribution in [-0.4, -0.2) is 60.4 Å². The van der Waals surface area contributed by atoms with E-state index in [4.69, 9.17) is 14.5 Å². The van der Waals surface area contributed by atoms with Crippen molar-refractivity contribution in [3.05, 3.63) is 60.2 Å². The number of aromatic nitrogens is 1. The summed E-state index contributed by atoms with van der Waals surface area (Å²) in [4.78, 5) is 19.1. The van der Waals surface area contributed by atoms with Gasteiger partial charge in [0.15, 0.2) is 5.75 Å². The number of hydrogen-bond donors (Lipinski definition) is 1. The SMILES string of the molecule is O=C(O)c1c(OCCN2CCOCC2)c(-c2ccccc2)nc2ccccc12. The van der Waals surface area contributed by atoms with E-state index in [9.17, 15) is 9.90 Å². The maximum atomic E-state index is 12.1. The van der Waals surface area contributed by atoms with Crippen LogP contribution in [0.5, 0.6) is 5.75 Å². The molecule has 28 heavy (non-hydrogen) atoms. The Morgan fingerprint density at radius 1 is 1.07 bits per heavy atom. The molecule has 2 aromatic carbocycles. The van der Waals surface area contributed by atoms with E-state index in [1.54, 1.807) is 6.07 Å². The van der Waals surface area contributed by atoms with Gasteiger partial charge in [-0.15, -0.1) is 0 Å². The molecule has 6 nitrogen and oxygen atoms in total. The molecule has 0 amide bonds. The van der Waals surface area contributed by atoms with Gasteiger partial charge in [-0.05, 0) is 6.07 Å². The number of morpholine rings is 1. The lowest BCUT2D eigenvalue weighted by Crippen LogP contribution is -2.38. The smallest absolute Gasteiger partial charge is 0.340 e. The second-order valence-corrected chi connectivity index (χ2v) is 6.66. The molecule has 144 valence electrons. The van der Waals surface area contributed by atoms with Crippen molar-refractivity contribution in [3.63, 3.8) is 0 Å². The Labute approximate surface area is 163 Å². The predicted molar refractivity (Wildman–Crippen MR) is 107 cm³/mol. The molecule has 0 unspecified atom stereocenters. The lowest BCUT2D eigenvalue weighted by molar-refractivity contribution is 0.0322. The van der Waals surface area contributed by atoms with Crippen molar-refractivity contribution in [2.45, 2.75) is 0 Å². The van der Waals surface area contributed by atoms with Crippen molar-refractivity contribution in [2.24, 2.45) is 0 Å². The first-order valence-electron chi connectivity index (χ1n) is 9.38. The number of pyridine rings is 1. The van der Waals surface area contributed by atoms with Crippen LogP contribution < -0.4 is 4.74 Å². The maximum Gasteiger partial charge on any atom is 0.340 e. The van der Waals surface area contributed by atoms with Gasteiger partial charge in [-0.3, -0.25) is 4.90 Å². The van der Waals surface area contributed by atoms with E-state index in [2.05, 4.69) is 4.90 Å². The highest BCUT2D eigenvalue weighted by Gasteiger charge is 2.23. The van der Waals surface area contributed by atoms with Gasteiger partial charge in [-0.1, -0.05) is 48.5 Å². The van der Waals surface area contributed by atoms with Gasteiger partial charge in [0.2, 0.25) is 0 Å². The van der Waals surface area contributed by atoms with Gasteiger partial charge in [0.1, 0.15) is 17.9 Å². The van der Waals surface area contributed by atoms with Crippen molar-refractivity contribution in [3.8, 4) is 17.0 Å². The first-order valence-corrected chi connectivity index (χ1v) is 9.38. The zero-order valence-corrected chi connectivity index (χ0v) is 15.5. The van der Waals surface area contributed by atoms with Crippen molar-refractivity contribution in [1.82, 2.24) is 9.88 Å². The first-order chi connectivity index (χ1) is 13.7. The van der Waals surface area contributed by atoms with Crippen LogP contribution in [0.25, 0.3) is 22.2 Å². The Balaban J connectivity index is 1.74. The summed E-state index contributed by atoms with van der Waals surface area (Å²) in [6.07, 6.45) is 0. The average Bonchev–Trinajstić information content (AvgIpc) is 2.74. The lowest BCUT2D eigenvalue weighted by Gasteiger charge is -2.26. The highest BCUT2D eigenvalue weighted by Crippen LogP contribution is 2.36. The summed E-state index contributed by atoms with van der Waals surface area (Å²) in [5.74, 6) is -0.692. The van der Waals surface area contributed by atoms with Crippen LogP contribution in [0.4, 0.5) is 0 Å². The quantitative estimate of drug-likeness (QED) is 0.710. The van der Waals surface area contributed by atoms with Gasteiger partial charge in [0.25, 0.3) is 0 Å². The van der Waals surface area contributed by atoms with E-state index in [1.807, 2.05) is 48.5 Å². The van der Waals surface area contributed by atoms with Gasteiger partial charge < -0.3 is 14.6 Å². The van der Waals surface area contributed by atoms with Crippen molar-refractivity contribution in [2.75, 3.05) is 39.5 Å². The molecule has 0 atom stereocenters. The van der Waals surface area contributed by atoms with Gasteiger partial charge >= 0.3 is 5.97 Å². The molecule has 4 rings (SSSR count). The summed E-state index contributed by atoms with van der Waals surface area (Å²) in [5.41, 5.74) is 2.18. The maximum absolute atomic E-state index is 12.1. The largest absolute Gasteiger partial charge is 0.489 e. The highest BCUT2D eigenvalue weighted by molar-refractivity contribution is 6.07. The van der Waals surface area contributed by atoms with E-state index >= 15 is 0 Å². The molecule has 2 heterocycles. The van der Waals surface area contributed by atoms with Crippen LogP contribution in [0, 0.1) is 0 Å².